The monoisotopic (exact) mass is 298 g/mol. The molecule has 1 unspecified atom stereocenters. The van der Waals surface area contributed by atoms with Crippen molar-refractivity contribution in [3.8, 4) is 0 Å². The van der Waals surface area contributed by atoms with Crippen molar-refractivity contribution in [1.29, 1.82) is 0 Å². The maximum Gasteiger partial charge on any atom is 0.242 e. The fourth-order valence-corrected chi connectivity index (χ4v) is 2.09. The van der Waals surface area contributed by atoms with Gasteiger partial charge in [0.2, 0.25) is 11.9 Å². The molecule has 0 saturated heterocycles. The summed E-state index contributed by atoms with van der Waals surface area (Å²) in [5.41, 5.74) is 5.80. The molecule has 1 aromatic carbocycles. The van der Waals surface area contributed by atoms with Gasteiger partial charge >= 0.3 is 0 Å². The van der Waals surface area contributed by atoms with Gasteiger partial charge in [0, 0.05) is 25.8 Å². The van der Waals surface area contributed by atoms with Gasteiger partial charge in [0.05, 0.1) is 12.1 Å². The van der Waals surface area contributed by atoms with Gasteiger partial charge in [-0.1, -0.05) is 0 Å². The molecular formula is C13H16F2N4O2. The first-order valence-corrected chi connectivity index (χ1v) is 6.34. The molecule has 0 spiro atoms. The van der Waals surface area contributed by atoms with Crippen LogP contribution in [0.15, 0.2) is 12.1 Å². The van der Waals surface area contributed by atoms with E-state index in [2.05, 4.69) is 10.3 Å². The summed E-state index contributed by atoms with van der Waals surface area (Å²) in [6, 6.07) is 1.07. The number of benzene rings is 1. The molecule has 1 amide bonds. The summed E-state index contributed by atoms with van der Waals surface area (Å²) in [7, 11) is 1.52. The van der Waals surface area contributed by atoms with Gasteiger partial charge in [0.1, 0.15) is 17.4 Å². The van der Waals surface area contributed by atoms with Crippen LogP contribution in [0, 0.1) is 11.6 Å². The summed E-state index contributed by atoms with van der Waals surface area (Å²) in [5, 5.41) is 2.64. The zero-order valence-electron chi connectivity index (χ0n) is 11.7. The number of aromatic nitrogens is 2. The van der Waals surface area contributed by atoms with Crippen molar-refractivity contribution < 1.29 is 18.3 Å². The van der Waals surface area contributed by atoms with Gasteiger partial charge in [-0.25, -0.2) is 13.8 Å². The summed E-state index contributed by atoms with van der Waals surface area (Å²) in [4.78, 5) is 15.9. The Balaban J connectivity index is 2.37. The first kappa shape index (κ1) is 15.2. The van der Waals surface area contributed by atoms with Crippen molar-refractivity contribution >= 4 is 22.9 Å². The van der Waals surface area contributed by atoms with Gasteiger partial charge in [-0.3, -0.25) is 9.36 Å². The van der Waals surface area contributed by atoms with Crippen LogP contribution < -0.4 is 11.1 Å². The average molecular weight is 298 g/mol. The normalized spacial score (nSPS) is 12.6. The minimum atomic E-state index is -0.817. The second kappa shape index (κ2) is 6.04. The number of hydrogen-bond donors (Lipinski definition) is 2. The van der Waals surface area contributed by atoms with Gasteiger partial charge < -0.3 is 15.8 Å². The lowest BCUT2D eigenvalue weighted by Gasteiger charge is -2.15. The Morgan fingerprint density at radius 3 is 2.90 bits per heavy atom. The molecule has 0 fully saturated rings. The van der Waals surface area contributed by atoms with Crippen molar-refractivity contribution in [3.05, 3.63) is 23.8 Å². The molecule has 0 aliphatic carbocycles. The molecule has 0 saturated carbocycles. The number of fused-ring (bicyclic) bond motifs is 1. The van der Waals surface area contributed by atoms with Crippen LogP contribution in [0.2, 0.25) is 0 Å². The fraction of sp³-hybridized carbons (Fsp3) is 0.385. The van der Waals surface area contributed by atoms with E-state index in [1.54, 1.807) is 6.92 Å². The molecular weight excluding hydrogens is 282 g/mol. The highest BCUT2D eigenvalue weighted by Crippen LogP contribution is 2.25. The number of halogens is 2. The van der Waals surface area contributed by atoms with Crippen molar-refractivity contribution in [3.63, 3.8) is 0 Å². The molecule has 0 bridgehead atoms. The Kier molecular flexibility index (Phi) is 4.37. The number of anilines is 1. The van der Waals surface area contributed by atoms with E-state index in [-0.39, 0.29) is 22.9 Å². The molecule has 0 aliphatic rings. The number of carbonyl (C=O) groups is 1. The quantitative estimate of drug-likeness (QED) is 0.813. The minimum absolute atomic E-state index is 0.0520. The summed E-state index contributed by atoms with van der Waals surface area (Å²) in [6.45, 7) is 2.26. The summed E-state index contributed by atoms with van der Waals surface area (Å²) < 4.78 is 33.2. The molecule has 1 aromatic heterocycles. The number of amides is 1. The number of imidazole rings is 1. The van der Waals surface area contributed by atoms with Gasteiger partial charge in [-0.15, -0.1) is 0 Å². The predicted molar refractivity (Wildman–Crippen MR) is 73.7 cm³/mol. The van der Waals surface area contributed by atoms with Gasteiger partial charge in [0.15, 0.2) is 5.82 Å². The van der Waals surface area contributed by atoms with Crippen molar-refractivity contribution in [2.24, 2.45) is 0 Å². The topological polar surface area (TPSA) is 82.2 Å². The number of carbonyl (C=O) groups excluding carboxylic acids is 1. The molecule has 1 heterocycles. The van der Waals surface area contributed by atoms with Gasteiger partial charge in [-0.2, -0.15) is 0 Å². The number of nitrogens with one attached hydrogen (secondary N) is 1. The molecule has 21 heavy (non-hydrogen) atoms. The standard InChI is InChI=1S/C13H16F2N4O2/c1-7(12(20)17-3-4-21-2)19-10-6-8(14)5-9(15)11(10)18-13(19)16/h5-7H,3-4H2,1-2H3,(H2,16,18)(H,17,20). The predicted octanol–water partition coefficient (Wildman–Crippen LogP) is 1.22. The van der Waals surface area contributed by atoms with Crippen LogP contribution in [0.25, 0.3) is 11.0 Å². The van der Waals surface area contributed by atoms with Crippen LogP contribution in [0.3, 0.4) is 0 Å². The number of ether oxygens (including phenoxy) is 1. The van der Waals surface area contributed by atoms with Crippen molar-refractivity contribution in [1.82, 2.24) is 14.9 Å². The number of methoxy groups -OCH3 is 1. The first-order chi connectivity index (χ1) is 9.95. The number of rotatable bonds is 5. The fourth-order valence-electron chi connectivity index (χ4n) is 2.09. The summed E-state index contributed by atoms with van der Waals surface area (Å²) in [6.07, 6.45) is 0. The lowest BCUT2D eigenvalue weighted by molar-refractivity contribution is -0.123. The summed E-state index contributed by atoms with van der Waals surface area (Å²) >= 11 is 0. The van der Waals surface area contributed by atoms with Gasteiger partial charge in [0.25, 0.3) is 0 Å². The molecule has 1 atom stereocenters. The average Bonchev–Trinajstić information content (AvgIpc) is 2.74. The van der Waals surface area contributed by atoms with Crippen LogP contribution in [-0.4, -0.2) is 35.7 Å². The van der Waals surface area contributed by atoms with Gasteiger partial charge in [-0.05, 0) is 6.92 Å². The molecule has 6 nitrogen and oxygen atoms in total. The van der Waals surface area contributed by atoms with E-state index in [1.165, 1.54) is 11.7 Å². The SMILES string of the molecule is COCCNC(=O)C(C)n1c(N)nc2c(F)cc(F)cc21. The molecule has 2 aromatic rings. The highest BCUT2D eigenvalue weighted by molar-refractivity contribution is 5.85. The van der Waals surface area contributed by atoms with E-state index in [1.807, 2.05) is 0 Å². The smallest absolute Gasteiger partial charge is 0.242 e. The molecule has 0 radical (unpaired) electrons. The zero-order valence-corrected chi connectivity index (χ0v) is 11.7. The van der Waals surface area contributed by atoms with Crippen molar-refractivity contribution in [2.75, 3.05) is 26.0 Å². The minimum Gasteiger partial charge on any atom is -0.383 e. The first-order valence-electron chi connectivity index (χ1n) is 6.34. The van der Waals surface area contributed by atoms with E-state index >= 15 is 0 Å². The van der Waals surface area contributed by atoms with Crippen LogP contribution in [0.4, 0.5) is 14.7 Å². The molecule has 0 aliphatic heterocycles. The Hall–Kier alpha value is -2.22. The Morgan fingerprint density at radius 1 is 1.52 bits per heavy atom. The van der Waals surface area contributed by atoms with E-state index in [4.69, 9.17) is 10.5 Å². The van der Waals surface area contributed by atoms with Crippen LogP contribution in [0.5, 0.6) is 0 Å². The van der Waals surface area contributed by atoms with Crippen LogP contribution in [0.1, 0.15) is 13.0 Å². The second-order valence-corrected chi connectivity index (χ2v) is 4.56. The Labute approximate surface area is 119 Å². The number of nitrogen functional groups attached to an aromatic ring is 1. The zero-order chi connectivity index (χ0) is 15.6. The third-order valence-corrected chi connectivity index (χ3v) is 3.11. The molecule has 3 N–H and O–H groups in total. The number of nitrogens with two attached hydrogens (primary N) is 1. The molecule has 114 valence electrons. The van der Waals surface area contributed by atoms with Crippen molar-refractivity contribution in [2.45, 2.75) is 13.0 Å². The second-order valence-electron chi connectivity index (χ2n) is 4.56. The third kappa shape index (κ3) is 2.94. The lowest BCUT2D eigenvalue weighted by Crippen LogP contribution is -2.33. The molecule has 2 rings (SSSR count). The van der Waals surface area contributed by atoms with E-state index < -0.39 is 17.7 Å². The van der Waals surface area contributed by atoms with E-state index in [0.29, 0.717) is 13.2 Å². The number of hydrogen-bond acceptors (Lipinski definition) is 4. The summed E-state index contributed by atoms with van der Waals surface area (Å²) in [5.74, 6) is -1.97. The highest BCUT2D eigenvalue weighted by Gasteiger charge is 2.22. The largest absolute Gasteiger partial charge is 0.383 e. The maximum atomic E-state index is 13.7. The Bertz CT molecular complexity index is 672. The maximum absolute atomic E-state index is 13.7. The van der Waals surface area contributed by atoms with E-state index in [0.717, 1.165) is 12.1 Å². The van der Waals surface area contributed by atoms with Crippen LogP contribution >= 0.6 is 0 Å². The van der Waals surface area contributed by atoms with E-state index in [9.17, 15) is 13.6 Å². The highest BCUT2D eigenvalue weighted by atomic mass is 19.1. The Morgan fingerprint density at radius 2 is 2.24 bits per heavy atom. The van der Waals surface area contributed by atoms with Crippen LogP contribution in [-0.2, 0) is 9.53 Å². The number of nitrogens with zero attached hydrogens (tertiary/aromatic N) is 2. The lowest BCUT2D eigenvalue weighted by atomic mass is 10.2. The third-order valence-electron chi connectivity index (χ3n) is 3.11. The molecule has 8 heteroatoms.